The summed E-state index contributed by atoms with van der Waals surface area (Å²) < 4.78 is 0.906. The lowest BCUT2D eigenvalue weighted by Gasteiger charge is -1.94. The van der Waals surface area contributed by atoms with E-state index in [1.165, 1.54) is 6.20 Å². The van der Waals surface area contributed by atoms with Crippen LogP contribution in [0, 0.1) is 0 Å². The molecule has 1 N–H and O–H groups in total. The summed E-state index contributed by atoms with van der Waals surface area (Å²) in [4.78, 5) is 21.4. The Morgan fingerprint density at radius 2 is 2.14 bits per heavy atom. The van der Waals surface area contributed by atoms with E-state index in [0.717, 1.165) is 10.8 Å². The zero-order valence-electron chi connectivity index (χ0n) is 7.07. The topological polar surface area (TPSA) is 58.6 Å². The van der Waals surface area contributed by atoms with Gasteiger partial charge in [0.2, 0.25) is 0 Å². The molecule has 0 atom stereocenters. The molecule has 0 unspecified atom stereocenters. The molecule has 14 heavy (non-hydrogen) atoms. The van der Waals surface area contributed by atoms with Crippen LogP contribution in [0.5, 0.6) is 0 Å². The van der Waals surface area contributed by atoms with Gasteiger partial charge in [-0.3, -0.25) is 9.78 Å². The lowest BCUT2D eigenvalue weighted by atomic mass is 10.3. The fraction of sp³-hybridized carbons (Fsp3) is 0. The van der Waals surface area contributed by atoms with Gasteiger partial charge in [-0.25, -0.2) is 4.98 Å². The molecule has 5 heteroatoms. The van der Waals surface area contributed by atoms with E-state index in [9.17, 15) is 4.79 Å². The second kappa shape index (κ2) is 3.71. The number of nitrogens with one attached hydrogen (secondary N) is 1. The van der Waals surface area contributed by atoms with E-state index in [4.69, 9.17) is 0 Å². The van der Waals surface area contributed by atoms with E-state index in [1.807, 2.05) is 12.1 Å². The summed E-state index contributed by atoms with van der Waals surface area (Å²) in [5.41, 5.74) is 1.16. The van der Waals surface area contributed by atoms with Crippen molar-refractivity contribution in [2.75, 3.05) is 0 Å². The van der Waals surface area contributed by atoms with Gasteiger partial charge in [0.1, 0.15) is 5.69 Å². The van der Waals surface area contributed by atoms with Gasteiger partial charge in [0.25, 0.3) is 0 Å². The Hall–Kier alpha value is -1.49. The van der Waals surface area contributed by atoms with Crippen LogP contribution in [0.4, 0.5) is 0 Å². The van der Waals surface area contributed by atoms with Crippen molar-refractivity contribution in [2.24, 2.45) is 0 Å². The molecule has 2 heterocycles. The molecule has 0 aliphatic heterocycles. The average Bonchev–Trinajstić information content (AvgIpc) is 2.67. The number of halogens is 1. The first kappa shape index (κ1) is 9.08. The fourth-order valence-corrected chi connectivity index (χ4v) is 1.28. The quantitative estimate of drug-likeness (QED) is 0.832. The normalized spacial score (nSPS) is 10.1. The molecule has 4 nitrogen and oxygen atoms in total. The Balaban J connectivity index is 2.39. The van der Waals surface area contributed by atoms with E-state index in [1.54, 1.807) is 6.20 Å². The second-order valence-corrected chi connectivity index (χ2v) is 3.58. The summed E-state index contributed by atoms with van der Waals surface area (Å²) >= 11 is 3.29. The molecular weight excluding hydrogens is 246 g/mol. The third-order valence-electron chi connectivity index (χ3n) is 1.69. The van der Waals surface area contributed by atoms with Crippen molar-refractivity contribution in [2.45, 2.75) is 0 Å². The van der Waals surface area contributed by atoms with Crippen LogP contribution >= 0.6 is 15.9 Å². The van der Waals surface area contributed by atoms with Crippen molar-refractivity contribution < 1.29 is 4.79 Å². The monoisotopic (exact) mass is 251 g/mol. The lowest BCUT2D eigenvalue weighted by molar-refractivity contribution is 0.111. The molecule has 0 bridgehead atoms. The first-order valence-electron chi connectivity index (χ1n) is 3.92. The molecule has 0 spiro atoms. The van der Waals surface area contributed by atoms with E-state index in [-0.39, 0.29) is 0 Å². The number of H-pyrrole nitrogens is 1. The predicted octanol–water partition coefficient (Wildman–Crippen LogP) is 2.05. The maximum atomic E-state index is 10.4. The molecule has 2 aromatic rings. The number of carbonyl (C=O) groups excluding carboxylic acids is 1. The Morgan fingerprint density at radius 3 is 2.71 bits per heavy atom. The van der Waals surface area contributed by atoms with Crippen molar-refractivity contribution in [1.82, 2.24) is 15.0 Å². The first-order chi connectivity index (χ1) is 6.79. The average molecular weight is 252 g/mol. The molecular formula is C9H6BrN3O. The number of aldehydes is 1. The number of rotatable bonds is 2. The van der Waals surface area contributed by atoms with Gasteiger partial charge in [0.15, 0.2) is 12.1 Å². The van der Waals surface area contributed by atoms with Crippen molar-refractivity contribution in [3.05, 3.63) is 34.7 Å². The summed E-state index contributed by atoms with van der Waals surface area (Å²) in [7, 11) is 0. The van der Waals surface area contributed by atoms with Crippen LogP contribution in [-0.4, -0.2) is 21.2 Å². The minimum absolute atomic E-state index is 0.449. The Morgan fingerprint density at radius 1 is 1.29 bits per heavy atom. The molecule has 0 aliphatic carbocycles. The highest BCUT2D eigenvalue weighted by atomic mass is 79.9. The standard InChI is InChI=1S/C9H6BrN3O/c10-6-1-2-8(11-3-6)9-12-4-7(5-14)13-9/h1-5H,(H,12,13). The Bertz CT molecular complexity index is 449. The highest BCUT2D eigenvalue weighted by Gasteiger charge is 2.03. The summed E-state index contributed by atoms with van der Waals surface area (Å²) in [5.74, 6) is 0.597. The van der Waals surface area contributed by atoms with Crippen LogP contribution in [0.25, 0.3) is 11.5 Å². The van der Waals surface area contributed by atoms with Crippen LogP contribution in [0.3, 0.4) is 0 Å². The van der Waals surface area contributed by atoms with Gasteiger partial charge < -0.3 is 4.98 Å². The lowest BCUT2D eigenvalue weighted by Crippen LogP contribution is -1.85. The van der Waals surface area contributed by atoms with Gasteiger partial charge in [0.05, 0.1) is 11.9 Å². The first-order valence-corrected chi connectivity index (χ1v) is 4.71. The van der Waals surface area contributed by atoms with Gasteiger partial charge in [0, 0.05) is 10.7 Å². The van der Waals surface area contributed by atoms with Crippen LogP contribution in [0.2, 0.25) is 0 Å². The highest BCUT2D eigenvalue weighted by molar-refractivity contribution is 9.10. The van der Waals surface area contributed by atoms with Crippen molar-refractivity contribution in [3.63, 3.8) is 0 Å². The molecule has 0 aromatic carbocycles. The number of carbonyl (C=O) groups is 1. The summed E-state index contributed by atoms with van der Waals surface area (Å²) in [6.07, 6.45) is 3.87. The molecule has 0 saturated carbocycles. The molecule has 2 aromatic heterocycles. The van der Waals surface area contributed by atoms with E-state index >= 15 is 0 Å². The molecule has 0 aliphatic rings. The van der Waals surface area contributed by atoms with E-state index < -0.39 is 0 Å². The highest BCUT2D eigenvalue weighted by Crippen LogP contribution is 2.15. The molecule has 0 saturated heterocycles. The number of aromatic amines is 1. The van der Waals surface area contributed by atoms with Crippen LogP contribution in [0.1, 0.15) is 10.5 Å². The van der Waals surface area contributed by atoms with Crippen molar-refractivity contribution >= 4 is 22.2 Å². The van der Waals surface area contributed by atoms with Gasteiger partial charge >= 0.3 is 0 Å². The van der Waals surface area contributed by atoms with Crippen molar-refractivity contribution in [3.8, 4) is 11.5 Å². The molecule has 0 fully saturated rings. The van der Waals surface area contributed by atoms with Crippen molar-refractivity contribution in [1.29, 1.82) is 0 Å². The molecule has 2 rings (SSSR count). The Kier molecular flexibility index (Phi) is 2.41. The maximum Gasteiger partial charge on any atom is 0.167 e. The van der Waals surface area contributed by atoms with Crippen LogP contribution in [0.15, 0.2) is 29.0 Å². The van der Waals surface area contributed by atoms with Gasteiger partial charge in [-0.1, -0.05) is 0 Å². The number of hydrogen-bond donors (Lipinski definition) is 1. The SMILES string of the molecule is O=Cc1cnc(-c2ccc(Br)cn2)[nH]1. The smallest absolute Gasteiger partial charge is 0.167 e. The minimum Gasteiger partial charge on any atom is -0.334 e. The molecule has 0 radical (unpaired) electrons. The summed E-state index contributed by atoms with van der Waals surface area (Å²) in [5, 5.41) is 0. The maximum absolute atomic E-state index is 10.4. The second-order valence-electron chi connectivity index (χ2n) is 2.67. The number of nitrogens with zero attached hydrogens (tertiary/aromatic N) is 2. The fourth-order valence-electron chi connectivity index (χ4n) is 1.04. The zero-order valence-corrected chi connectivity index (χ0v) is 8.65. The van der Waals surface area contributed by atoms with Crippen LogP contribution in [-0.2, 0) is 0 Å². The predicted molar refractivity (Wildman–Crippen MR) is 54.9 cm³/mol. The summed E-state index contributed by atoms with van der Waals surface area (Å²) in [6, 6.07) is 3.68. The third-order valence-corrected chi connectivity index (χ3v) is 2.16. The van der Waals surface area contributed by atoms with E-state index in [0.29, 0.717) is 17.2 Å². The molecule has 0 amide bonds. The van der Waals surface area contributed by atoms with Gasteiger partial charge in [-0.2, -0.15) is 0 Å². The molecule has 70 valence electrons. The number of hydrogen-bond acceptors (Lipinski definition) is 3. The minimum atomic E-state index is 0.449. The zero-order chi connectivity index (χ0) is 9.97. The number of imidazole rings is 1. The number of aromatic nitrogens is 3. The van der Waals surface area contributed by atoms with E-state index in [2.05, 4.69) is 30.9 Å². The largest absolute Gasteiger partial charge is 0.334 e. The van der Waals surface area contributed by atoms with Gasteiger partial charge in [-0.05, 0) is 28.1 Å². The number of pyridine rings is 1. The van der Waals surface area contributed by atoms with Gasteiger partial charge in [-0.15, -0.1) is 0 Å². The van der Waals surface area contributed by atoms with Crippen LogP contribution < -0.4 is 0 Å². The summed E-state index contributed by atoms with van der Waals surface area (Å²) in [6.45, 7) is 0. The Labute approximate surface area is 88.5 Å². The third kappa shape index (κ3) is 1.72.